The Labute approximate surface area is 105 Å². The van der Waals surface area contributed by atoms with Gasteiger partial charge in [-0.15, -0.1) is 0 Å². The van der Waals surface area contributed by atoms with Crippen LogP contribution < -0.4 is 10.6 Å². The summed E-state index contributed by atoms with van der Waals surface area (Å²) in [6, 6.07) is 1.64. The Morgan fingerprint density at radius 3 is 2.78 bits per heavy atom. The molecular formula is C11H17N5O2. The smallest absolute Gasteiger partial charge is 0.272 e. The summed E-state index contributed by atoms with van der Waals surface area (Å²) in [6.07, 6.45) is 0. The number of hydrogen-bond donors (Lipinski definition) is 3. The Bertz CT molecular complexity index is 436. The van der Waals surface area contributed by atoms with Crippen LogP contribution in [0.1, 0.15) is 16.2 Å². The van der Waals surface area contributed by atoms with Crippen LogP contribution in [0.5, 0.6) is 0 Å². The van der Waals surface area contributed by atoms with Crippen LogP contribution in [0, 0.1) is 6.92 Å². The summed E-state index contributed by atoms with van der Waals surface area (Å²) in [4.78, 5) is 25.2. The van der Waals surface area contributed by atoms with Crippen molar-refractivity contribution in [3.8, 4) is 0 Å². The molecule has 0 atom stereocenters. The molecule has 3 N–H and O–H groups in total. The fraction of sp³-hybridized carbons (Fsp3) is 0.545. The molecule has 1 aliphatic rings. The molecule has 1 aromatic heterocycles. The minimum atomic E-state index is -0.331. The van der Waals surface area contributed by atoms with E-state index in [0.717, 1.165) is 18.8 Å². The van der Waals surface area contributed by atoms with Crippen molar-refractivity contribution in [2.45, 2.75) is 6.92 Å². The highest BCUT2D eigenvalue weighted by Crippen LogP contribution is 1.97. The topological polar surface area (TPSA) is 90.1 Å². The van der Waals surface area contributed by atoms with Gasteiger partial charge in [-0.25, -0.2) is 0 Å². The van der Waals surface area contributed by atoms with Gasteiger partial charge in [0.1, 0.15) is 5.69 Å². The van der Waals surface area contributed by atoms with Crippen molar-refractivity contribution in [1.82, 2.24) is 25.7 Å². The van der Waals surface area contributed by atoms with Crippen molar-refractivity contribution in [3.05, 3.63) is 17.5 Å². The fourth-order valence-corrected chi connectivity index (χ4v) is 1.81. The number of piperazine rings is 1. The number of aromatic amines is 1. The van der Waals surface area contributed by atoms with Crippen LogP contribution >= 0.6 is 0 Å². The molecule has 1 aliphatic heterocycles. The summed E-state index contributed by atoms with van der Waals surface area (Å²) in [6.45, 7) is 4.82. The first-order valence-corrected chi connectivity index (χ1v) is 5.95. The van der Waals surface area contributed by atoms with Gasteiger partial charge in [-0.1, -0.05) is 0 Å². The predicted octanol–water partition coefficient (Wildman–Crippen LogP) is -1.12. The zero-order chi connectivity index (χ0) is 13.0. The maximum Gasteiger partial charge on any atom is 0.272 e. The second-order valence-corrected chi connectivity index (χ2v) is 4.25. The molecule has 98 valence electrons. The molecule has 0 aliphatic carbocycles. The first-order chi connectivity index (χ1) is 8.66. The van der Waals surface area contributed by atoms with Gasteiger partial charge in [0.15, 0.2) is 0 Å². The molecule has 7 heteroatoms. The number of nitrogens with one attached hydrogen (secondary N) is 3. The van der Waals surface area contributed by atoms with Crippen LogP contribution in [0.15, 0.2) is 6.07 Å². The van der Waals surface area contributed by atoms with E-state index in [1.54, 1.807) is 11.0 Å². The molecule has 1 saturated heterocycles. The first kappa shape index (κ1) is 12.6. The lowest BCUT2D eigenvalue weighted by atomic mass is 10.3. The highest BCUT2D eigenvalue weighted by atomic mass is 16.2. The standard InChI is InChI=1S/C11H17N5O2/c1-8-6-9(15-14-8)11(18)13-7-10(17)16-4-2-12-3-5-16/h6,12H,2-5,7H2,1H3,(H,13,18)(H,14,15). The third-order valence-electron chi connectivity index (χ3n) is 2.81. The second kappa shape index (κ2) is 5.63. The van der Waals surface area contributed by atoms with Crippen LogP contribution in [0.25, 0.3) is 0 Å². The number of nitrogens with zero attached hydrogens (tertiary/aromatic N) is 2. The molecule has 2 rings (SSSR count). The summed E-state index contributed by atoms with van der Waals surface area (Å²) in [5, 5.41) is 12.3. The molecule has 0 aromatic carbocycles. The Hall–Kier alpha value is -1.89. The molecule has 0 saturated carbocycles. The van der Waals surface area contributed by atoms with E-state index in [-0.39, 0.29) is 18.4 Å². The minimum absolute atomic E-state index is 0.0186. The predicted molar refractivity (Wildman–Crippen MR) is 65.1 cm³/mol. The Morgan fingerprint density at radius 1 is 1.44 bits per heavy atom. The van der Waals surface area contributed by atoms with Gasteiger partial charge in [0.2, 0.25) is 5.91 Å². The van der Waals surface area contributed by atoms with Gasteiger partial charge < -0.3 is 15.5 Å². The molecule has 0 unspecified atom stereocenters. The van der Waals surface area contributed by atoms with Crippen molar-refractivity contribution in [1.29, 1.82) is 0 Å². The highest BCUT2D eigenvalue weighted by molar-refractivity contribution is 5.94. The van der Waals surface area contributed by atoms with Crippen molar-refractivity contribution >= 4 is 11.8 Å². The van der Waals surface area contributed by atoms with Crippen LogP contribution in [0.2, 0.25) is 0 Å². The van der Waals surface area contributed by atoms with E-state index in [1.165, 1.54) is 0 Å². The minimum Gasteiger partial charge on any atom is -0.342 e. The lowest BCUT2D eigenvalue weighted by Crippen LogP contribution is -2.49. The average Bonchev–Trinajstić information content (AvgIpc) is 2.83. The highest BCUT2D eigenvalue weighted by Gasteiger charge is 2.17. The molecule has 0 bridgehead atoms. The zero-order valence-electron chi connectivity index (χ0n) is 10.3. The van der Waals surface area contributed by atoms with E-state index in [0.29, 0.717) is 18.8 Å². The van der Waals surface area contributed by atoms with Gasteiger partial charge in [-0.05, 0) is 13.0 Å². The summed E-state index contributed by atoms with van der Waals surface area (Å²) >= 11 is 0. The van der Waals surface area contributed by atoms with Crippen LogP contribution in [0.4, 0.5) is 0 Å². The van der Waals surface area contributed by atoms with Crippen molar-refractivity contribution in [3.63, 3.8) is 0 Å². The maximum absolute atomic E-state index is 11.8. The number of carbonyl (C=O) groups excluding carboxylic acids is 2. The van der Waals surface area contributed by atoms with Gasteiger partial charge in [0, 0.05) is 31.9 Å². The molecule has 7 nitrogen and oxygen atoms in total. The van der Waals surface area contributed by atoms with Gasteiger partial charge in [-0.2, -0.15) is 5.10 Å². The molecule has 1 fully saturated rings. The molecular weight excluding hydrogens is 234 g/mol. The Kier molecular flexibility index (Phi) is 3.93. The van der Waals surface area contributed by atoms with Crippen LogP contribution in [-0.2, 0) is 4.79 Å². The summed E-state index contributed by atoms with van der Waals surface area (Å²) in [7, 11) is 0. The summed E-state index contributed by atoms with van der Waals surface area (Å²) in [5.74, 6) is -0.389. The quantitative estimate of drug-likeness (QED) is 0.634. The van der Waals surface area contributed by atoms with Crippen molar-refractivity contribution in [2.24, 2.45) is 0 Å². The van der Waals surface area contributed by atoms with Gasteiger partial charge in [-0.3, -0.25) is 14.7 Å². The van der Waals surface area contributed by atoms with E-state index in [2.05, 4.69) is 20.8 Å². The molecule has 2 heterocycles. The van der Waals surface area contributed by atoms with Gasteiger partial charge >= 0.3 is 0 Å². The summed E-state index contributed by atoms with van der Waals surface area (Å²) in [5.41, 5.74) is 1.12. The fourth-order valence-electron chi connectivity index (χ4n) is 1.81. The van der Waals surface area contributed by atoms with E-state index in [9.17, 15) is 9.59 Å². The second-order valence-electron chi connectivity index (χ2n) is 4.25. The molecule has 1 aromatic rings. The number of hydrogen-bond acceptors (Lipinski definition) is 4. The average molecular weight is 251 g/mol. The van der Waals surface area contributed by atoms with Crippen molar-refractivity contribution < 1.29 is 9.59 Å². The maximum atomic E-state index is 11.8. The first-order valence-electron chi connectivity index (χ1n) is 5.95. The van der Waals surface area contributed by atoms with Gasteiger partial charge in [0.05, 0.1) is 6.54 Å². The van der Waals surface area contributed by atoms with Crippen LogP contribution in [0.3, 0.4) is 0 Å². The summed E-state index contributed by atoms with van der Waals surface area (Å²) < 4.78 is 0. The molecule has 18 heavy (non-hydrogen) atoms. The van der Waals surface area contributed by atoms with E-state index >= 15 is 0 Å². The van der Waals surface area contributed by atoms with E-state index in [4.69, 9.17) is 0 Å². The molecule has 0 radical (unpaired) electrons. The number of aromatic nitrogens is 2. The largest absolute Gasteiger partial charge is 0.342 e. The Balaban J connectivity index is 1.80. The number of rotatable bonds is 3. The zero-order valence-corrected chi connectivity index (χ0v) is 10.3. The van der Waals surface area contributed by atoms with Gasteiger partial charge in [0.25, 0.3) is 5.91 Å². The normalized spacial score (nSPS) is 15.5. The number of carbonyl (C=O) groups is 2. The van der Waals surface area contributed by atoms with E-state index < -0.39 is 0 Å². The number of aryl methyl sites for hydroxylation is 1. The third-order valence-corrected chi connectivity index (χ3v) is 2.81. The molecule has 2 amide bonds. The van der Waals surface area contributed by atoms with Crippen LogP contribution in [-0.4, -0.2) is 59.6 Å². The Morgan fingerprint density at radius 2 is 2.17 bits per heavy atom. The van der Waals surface area contributed by atoms with E-state index in [1.807, 2.05) is 6.92 Å². The third kappa shape index (κ3) is 3.07. The number of H-pyrrole nitrogens is 1. The van der Waals surface area contributed by atoms with Crippen molar-refractivity contribution in [2.75, 3.05) is 32.7 Å². The monoisotopic (exact) mass is 251 g/mol. The lowest BCUT2D eigenvalue weighted by Gasteiger charge is -2.27. The lowest BCUT2D eigenvalue weighted by molar-refractivity contribution is -0.130. The molecule has 0 spiro atoms. The SMILES string of the molecule is Cc1cc(C(=O)NCC(=O)N2CCNCC2)n[nH]1. The number of amides is 2.